The molecule has 1 fully saturated rings. The lowest BCUT2D eigenvalue weighted by Crippen LogP contribution is -2.43. The average Bonchev–Trinajstić information content (AvgIpc) is 2.57. The standard InChI is InChI=1S/C17H28N4O/c1-3-20(4-2)12-9-17(22)19-15-5-7-16(8-6-15)21-13-10-18-11-14-21/h5-8,18H,3-4,9-14H2,1-2H3,(H,19,22). The fourth-order valence-electron chi connectivity index (χ4n) is 2.70. The van der Waals surface area contributed by atoms with E-state index in [2.05, 4.69) is 46.4 Å². The fourth-order valence-corrected chi connectivity index (χ4v) is 2.70. The van der Waals surface area contributed by atoms with Gasteiger partial charge >= 0.3 is 0 Å². The molecule has 0 saturated carbocycles. The third-order valence-electron chi connectivity index (χ3n) is 4.18. The minimum absolute atomic E-state index is 0.0850. The van der Waals surface area contributed by atoms with Crippen molar-refractivity contribution in [3.63, 3.8) is 0 Å². The fraction of sp³-hybridized carbons (Fsp3) is 0.588. The molecule has 0 radical (unpaired) electrons. The summed E-state index contributed by atoms with van der Waals surface area (Å²) in [7, 11) is 0. The van der Waals surface area contributed by atoms with Gasteiger partial charge in [0.25, 0.3) is 0 Å². The summed E-state index contributed by atoms with van der Waals surface area (Å²) >= 11 is 0. The highest BCUT2D eigenvalue weighted by atomic mass is 16.1. The first-order chi connectivity index (χ1) is 10.7. The van der Waals surface area contributed by atoms with Crippen molar-refractivity contribution in [2.75, 3.05) is 56.0 Å². The van der Waals surface area contributed by atoms with E-state index in [1.807, 2.05) is 12.1 Å². The summed E-state index contributed by atoms with van der Waals surface area (Å²) in [4.78, 5) is 16.6. The second kappa shape index (κ2) is 8.76. The van der Waals surface area contributed by atoms with E-state index in [-0.39, 0.29) is 5.91 Å². The molecule has 0 aliphatic carbocycles. The summed E-state index contributed by atoms with van der Waals surface area (Å²) < 4.78 is 0. The lowest BCUT2D eigenvalue weighted by atomic mass is 10.2. The Morgan fingerprint density at radius 2 is 1.82 bits per heavy atom. The van der Waals surface area contributed by atoms with Crippen molar-refractivity contribution < 1.29 is 4.79 Å². The van der Waals surface area contributed by atoms with E-state index in [0.29, 0.717) is 6.42 Å². The Balaban J connectivity index is 1.81. The Hall–Kier alpha value is -1.59. The summed E-state index contributed by atoms with van der Waals surface area (Å²) in [6, 6.07) is 8.16. The maximum absolute atomic E-state index is 12.0. The molecule has 0 spiro atoms. The molecule has 1 amide bonds. The van der Waals surface area contributed by atoms with Crippen molar-refractivity contribution in [1.82, 2.24) is 10.2 Å². The van der Waals surface area contributed by atoms with Gasteiger partial charge in [-0.25, -0.2) is 0 Å². The number of carbonyl (C=O) groups is 1. The van der Waals surface area contributed by atoms with Crippen LogP contribution < -0.4 is 15.5 Å². The Morgan fingerprint density at radius 1 is 1.18 bits per heavy atom. The quantitative estimate of drug-likeness (QED) is 0.806. The molecule has 5 nitrogen and oxygen atoms in total. The van der Waals surface area contributed by atoms with Crippen LogP contribution in [0.5, 0.6) is 0 Å². The monoisotopic (exact) mass is 304 g/mol. The second-order valence-electron chi connectivity index (χ2n) is 5.61. The minimum atomic E-state index is 0.0850. The lowest BCUT2D eigenvalue weighted by molar-refractivity contribution is -0.116. The van der Waals surface area contributed by atoms with Gasteiger partial charge in [0.2, 0.25) is 5.91 Å². The van der Waals surface area contributed by atoms with Crippen molar-refractivity contribution in [3.05, 3.63) is 24.3 Å². The Morgan fingerprint density at radius 3 is 2.41 bits per heavy atom. The van der Waals surface area contributed by atoms with Crippen LogP contribution in [0.4, 0.5) is 11.4 Å². The Kier molecular flexibility index (Phi) is 6.68. The summed E-state index contributed by atoms with van der Waals surface area (Å²) in [5.41, 5.74) is 2.10. The van der Waals surface area contributed by atoms with Crippen LogP contribution in [0, 0.1) is 0 Å². The molecule has 1 aliphatic rings. The van der Waals surface area contributed by atoms with Crippen LogP contribution in [0.25, 0.3) is 0 Å². The van der Waals surface area contributed by atoms with Crippen LogP contribution in [0.2, 0.25) is 0 Å². The second-order valence-corrected chi connectivity index (χ2v) is 5.61. The van der Waals surface area contributed by atoms with Crippen molar-refractivity contribution in [1.29, 1.82) is 0 Å². The third kappa shape index (κ3) is 5.00. The van der Waals surface area contributed by atoms with E-state index < -0.39 is 0 Å². The van der Waals surface area contributed by atoms with E-state index in [1.54, 1.807) is 0 Å². The number of amides is 1. The number of hydrogen-bond donors (Lipinski definition) is 2. The largest absolute Gasteiger partial charge is 0.369 e. The summed E-state index contributed by atoms with van der Waals surface area (Å²) in [5.74, 6) is 0.0850. The molecule has 5 heteroatoms. The molecule has 22 heavy (non-hydrogen) atoms. The Labute approximate surface area is 133 Å². The van der Waals surface area contributed by atoms with E-state index in [1.165, 1.54) is 5.69 Å². The molecule has 0 atom stereocenters. The molecule has 1 aromatic rings. The zero-order valence-electron chi connectivity index (χ0n) is 13.8. The first kappa shape index (κ1) is 16.8. The molecule has 1 heterocycles. The van der Waals surface area contributed by atoms with Crippen LogP contribution in [-0.4, -0.2) is 56.6 Å². The zero-order chi connectivity index (χ0) is 15.8. The minimum Gasteiger partial charge on any atom is -0.369 e. The Bertz CT molecular complexity index is 450. The number of nitrogens with zero attached hydrogens (tertiary/aromatic N) is 2. The maximum atomic E-state index is 12.0. The third-order valence-corrected chi connectivity index (χ3v) is 4.18. The first-order valence-electron chi connectivity index (χ1n) is 8.31. The summed E-state index contributed by atoms with van der Waals surface area (Å²) in [5, 5.41) is 6.33. The number of hydrogen-bond acceptors (Lipinski definition) is 4. The number of piperazine rings is 1. The average molecular weight is 304 g/mol. The van der Waals surface area contributed by atoms with Crippen LogP contribution >= 0.6 is 0 Å². The highest BCUT2D eigenvalue weighted by molar-refractivity contribution is 5.91. The molecule has 1 saturated heterocycles. The molecular formula is C17H28N4O. The molecule has 0 aromatic heterocycles. The lowest BCUT2D eigenvalue weighted by Gasteiger charge is -2.29. The SMILES string of the molecule is CCN(CC)CCC(=O)Nc1ccc(N2CCNCC2)cc1. The molecular weight excluding hydrogens is 276 g/mol. The van der Waals surface area contributed by atoms with Crippen LogP contribution in [0.1, 0.15) is 20.3 Å². The van der Waals surface area contributed by atoms with Gasteiger partial charge in [-0.3, -0.25) is 4.79 Å². The van der Waals surface area contributed by atoms with E-state index in [0.717, 1.165) is 51.5 Å². The molecule has 0 bridgehead atoms. The van der Waals surface area contributed by atoms with Gasteiger partial charge in [-0.05, 0) is 37.4 Å². The van der Waals surface area contributed by atoms with Crippen LogP contribution in [-0.2, 0) is 4.79 Å². The molecule has 1 aliphatic heterocycles. The van der Waals surface area contributed by atoms with Gasteiger partial charge in [0.15, 0.2) is 0 Å². The number of rotatable bonds is 7. The van der Waals surface area contributed by atoms with E-state index in [9.17, 15) is 4.79 Å². The number of anilines is 2. The van der Waals surface area contributed by atoms with Crippen LogP contribution in [0.15, 0.2) is 24.3 Å². The van der Waals surface area contributed by atoms with Crippen molar-refractivity contribution in [2.24, 2.45) is 0 Å². The van der Waals surface area contributed by atoms with E-state index >= 15 is 0 Å². The van der Waals surface area contributed by atoms with E-state index in [4.69, 9.17) is 0 Å². The highest BCUT2D eigenvalue weighted by Gasteiger charge is 2.10. The van der Waals surface area contributed by atoms with Gasteiger partial charge in [0.1, 0.15) is 0 Å². The smallest absolute Gasteiger partial charge is 0.225 e. The number of benzene rings is 1. The van der Waals surface area contributed by atoms with Gasteiger partial charge in [-0.15, -0.1) is 0 Å². The van der Waals surface area contributed by atoms with Crippen LogP contribution in [0.3, 0.4) is 0 Å². The normalized spacial score (nSPS) is 15.1. The predicted octanol–water partition coefficient (Wildman–Crippen LogP) is 1.77. The first-order valence-corrected chi connectivity index (χ1v) is 8.31. The van der Waals surface area contributed by atoms with Gasteiger partial charge in [0, 0.05) is 50.5 Å². The predicted molar refractivity (Wildman–Crippen MR) is 92.6 cm³/mol. The van der Waals surface area contributed by atoms with Crippen molar-refractivity contribution in [3.8, 4) is 0 Å². The molecule has 2 rings (SSSR count). The summed E-state index contributed by atoms with van der Waals surface area (Å²) in [6.07, 6.45) is 0.543. The van der Waals surface area contributed by atoms with Gasteiger partial charge in [-0.2, -0.15) is 0 Å². The van der Waals surface area contributed by atoms with Gasteiger partial charge in [0.05, 0.1) is 0 Å². The zero-order valence-corrected chi connectivity index (χ0v) is 13.8. The number of nitrogens with one attached hydrogen (secondary N) is 2. The maximum Gasteiger partial charge on any atom is 0.225 e. The van der Waals surface area contributed by atoms with Gasteiger partial charge in [-0.1, -0.05) is 13.8 Å². The summed E-state index contributed by atoms with van der Waals surface area (Å²) in [6.45, 7) is 11.2. The molecule has 122 valence electrons. The number of carbonyl (C=O) groups excluding carboxylic acids is 1. The van der Waals surface area contributed by atoms with Crippen molar-refractivity contribution >= 4 is 17.3 Å². The van der Waals surface area contributed by atoms with Crippen molar-refractivity contribution in [2.45, 2.75) is 20.3 Å². The molecule has 1 aromatic carbocycles. The molecule has 0 unspecified atom stereocenters. The van der Waals surface area contributed by atoms with Gasteiger partial charge < -0.3 is 20.4 Å². The highest BCUT2D eigenvalue weighted by Crippen LogP contribution is 2.18. The molecule has 2 N–H and O–H groups in total. The topological polar surface area (TPSA) is 47.6 Å².